The Bertz CT molecular complexity index is 924. The van der Waals surface area contributed by atoms with Crippen molar-refractivity contribution in [1.82, 2.24) is 14.8 Å². The van der Waals surface area contributed by atoms with Crippen molar-refractivity contribution in [3.05, 3.63) is 57.5 Å². The zero-order chi connectivity index (χ0) is 20.4. The highest BCUT2D eigenvalue weighted by atomic mass is 16.5. The van der Waals surface area contributed by atoms with Crippen molar-refractivity contribution in [3.8, 4) is 11.5 Å². The zero-order valence-corrected chi connectivity index (χ0v) is 17.6. The van der Waals surface area contributed by atoms with Crippen LogP contribution < -0.4 is 20.3 Å². The van der Waals surface area contributed by atoms with Gasteiger partial charge in [-0.2, -0.15) is 0 Å². The van der Waals surface area contributed by atoms with Crippen LogP contribution in [0.3, 0.4) is 0 Å². The van der Waals surface area contributed by atoms with Crippen LogP contribution in [0.5, 0.6) is 11.5 Å². The molecule has 0 spiro atoms. The molecule has 0 aliphatic carbocycles. The molecular weight excluding hydrogens is 366 g/mol. The molecule has 1 aromatic carbocycles. The van der Waals surface area contributed by atoms with Gasteiger partial charge in [-0.3, -0.25) is 9.69 Å². The number of rotatable bonds is 7. The number of fused-ring (bicyclic) bond motifs is 4. The summed E-state index contributed by atoms with van der Waals surface area (Å²) in [5.41, 5.74) is 3.27. The van der Waals surface area contributed by atoms with Gasteiger partial charge in [0, 0.05) is 48.9 Å². The van der Waals surface area contributed by atoms with Gasteiger partial charge in [0.1, 0.15) is 0 Å². The third kappa shape index (κ3) is 4.05. The van der Waals surface area contributed by atoms with Crippen LogP contribution in [-0.4, -0.2) is 43.3 Å². The van der Waals surface area contributed by atoms with Gasteiger partial charge in [0.2, 0.25) is 0 Å². The summed E-state index contributed by atoms with van der Waals surface area (Å²) in [6, 6.07) is 10.1. The molecule has 2 bridgehead atoms. The van der Waals surface area contributed by atoms with Gasteiger partial charge in [-0.15, -0.1) is 0 Å². The van der Waals surface area contributed by atoms with Crippen LogP contribution in [0.15, 0.2) is 35.1 Å². The Balaban J connectivity index is 1.53. The van der Waals surface area contributed by atoms with E-state index in [1.54, 1.807) is 7.11 Å². The molecule has 2 aliphatic rings. The Morgan fingerprint density at radius 1 is 1.17 bits per heavy atom. The molecule has 0 radical (unpaired) electrons. The Kier molecular flexibility index (Phi) is 5.92. The number of para-hydroxylation sites is 1. The van der Waals surface area contributed by atoms with Crippen molar-refractivity contribution in [2.75, 3.05) is 33.9 Å². The SMILES string of the molecule is CCOc1c(CN(C)Cc2ccc3n(c2=O)C[C@@H]2CNC[C@H]3C2)cccc1OC. The molecule has 4 rings (SSSR count). The Labute approximate surface area is 172 Å². The molecule has 2 aromatic rings. The zero-order valence-electron chi connectivity index (χ0n) is 17.6. The van der Waals surface area contributed by atoms with E-state index in [1.807, 2.05) is 36.7 Å². The molecule has 0 saturated carbocycles. The Morgan fingerprint density at radius 3 is 2.79 bits per heavy atom. The van der Waals surface area contributed by atoms with Crippen molar-refractivity contribution < 1.29 is 9.47 Å². The maximum atomic E-state index is 13.2. The van der Waals surface area contributed by atoms with Crippen molar-refractivity contribution >= 4 is 0 Å². The summed E-state index contributed by atoms with van der Waals surface area (Å²) in [5.74, 6) is 2.56. The second kappa shape index (κ2) is 8.59. The number of benzene rings is 1. The number of nitrogens with one attached hydrogen (secondary N) is 1. The van der Waals surface area contributed by atoms with Gasteiger partial charge in [0.05, 0.1) is 13.7 Å². The van der Waals surface area contributed by atoms with Crippen LogP contribution in [0.4, 0.5) is 0 Å². The van der Waals surface area contributed by atoms with E-state index < -0.39 is 0 Å². The van der Waals surface area contributed by atoms with Gasteiger partial charge in [0.25, 0.3) is 5.56 Å². The number of ether oxygens (including phenoxy) is 2. The molecule has 2 aliphatic heterocycles. The fourth-order valence-corrected chi connectivity index (χ4v) is 4.75. The van der Waals surface area contributed by atoms with Gasteiger partial charge in [-0.25, -0.2) is 0 Å². The summed E-state index contributed by atoms with van der Waals surface area (Å²) in [5, 5.41) is 3.50. The predicted molar refractivity (Wildman–Crippen MR) is 114 cm³/mol. The van der Waals surface area contributed by atoms with Gasteiger partial charge >= 0.3 is 0 Å². The molecule has 156 valence electrons. The Hall–Kier alpha value is -2.31. The van der Waals surface area contributed by atoms with Crippen molar-refractivity contribution in [1.29, 1.82) is 0 Å². The molecule has 1 saturated heterocycles. The molecule has 0 amide bonds. The second-order valence-electron chi connectivity index (χ2n) is 8.21. The lowest BCUT2D eigenvalue weighted by Crippen LogP contribution is -2.45. The Morgan fingerprint density at radius 2 is 2.00 bits per heavy atom. The normalized spacial score (nSPS) is 20.4. The minimum atomic E-state index is 0.168. The molecule has 29 heavy (non-hydrogen) atoms. The molecule has 0 unspecified atom stereocenters. The molecule has 6 heteroatoms. The van der Waals surface area contributed by atoms with Crippen molar-refractivity contribution in [2.45, 2.75) is 38.9 Å². The molecule has 3 heterocycles. The second-order valence-corrected chi connectivity index (χ2v) is 8.21. The summed E-state index contributed by atoms with van der Waals surface area (Å²) in [6.45, 7) is 6.67. The minimum absolute atomic E-state index is 0.168. The third-order valence-corrected chi connectivity index (χ3v) is 6.04. The number of methoxy groups -OCH3 is 1. The van der Waals surface area contributed by atoms with Crippen LogP contribution in [-0.2, 0) is 19.6 Å². The summed E-state index contributed by atoms with van der Waals surface area (Å²) in [6.07, 6.45) is 1.20. The lowest BCUT2D eigenvalue weighted by atomic mass is 9.84. The van der Waals surface area contributed by atoms with Crippen LogP contribution in [0.25, 0.3) is 0 Å². The first-order valence-corrected chi connectivity index (χ1v) is 10.5. The van der Waals surface area contributed by atoms with E-state index in [-0.39, 0.29) is 5.56 Å². The molecule has 2 atom stereocenters. The summed E-state index contributed by atoms with van der Waals surface area (Å²) in [7, 11) is 3.70. The van der Waals surface area contributed by atoms with Gasteiger partial charge in [0.15, 0.2) is 11.5 Å². The number of piperidine rings is 1. The van der Waals surface area contributed by atoms with Crippen molar-refractivity contribution in [3.63, 3.8) is 0 Å². The smallest absolute Gasteiger partial charge is 0.255 e. The maximum Gasteiger partial charge on any atom is 0.255 e. The van der Waals surface area contributed by atoms with E-state index in [2.05, 4.69) is 22.3 Å². The molecule has 6 nitrogen and oxygen atoms in total. The highest BCUT2D eigenvalue weighted by Crippen LogP contribution is 2.33. The first-order valence-electron chi connectivity index (χ1n) is 10.5. The lowest BCUT2D eigenvalue weighted by Gasteiger charge is -2.37. The van der Waals surface area contributed by atoms with Gasteiger partial charge < -0.3 is 19.4 Å². The van der Waals surface area contributed by atoms with Gasteiger partial charge in [-0.05, 0) is 45.0 Å². The number of hydrogen-bond donors (Lipinski definition) is 1. The first kappa shape index (κ1) is 20.0. The fourth-order valence-electron chi connectivity index (χ4n) is 4.75. The van der Waals surface area contributed by atoms with E-state index in [1.165, 1.54) is 12.1 Å². The maximum absolute atomic E-state index is 13.2. The predicted octanol–water partition coefficient (Wildman–Crippen LogP) is 2.59. The van der Waals surface area contributed by atoms with Gasteiger partial charge in [-0.1, -0.05) is 18.2 Å². The van der Waals surface area contributed by atoms with E-state index in [0.29, 0.717) is 31.5 Å². The number of pyridine rings is 1. The highest BCUT2D eigenvalue weighted by Gasteiger charge is 2.31. The highest BCUT2D eigenvalue weighted by molar-refractivity contribution is 5.46. The molecule has 1 fully saturated rings. The van der Waals surface area contributed by atoms with Crippen molar-refractivity contribution in [2.24, 2.45) is 5.92 Å². The summed E-state index contributed by atoms with van der Waals surface area (Å²) >= 11 is 0. The minimum Gasteiger partial charge on any atom is -0.493 e. The van der Waals surface area contributed by atoms with Crippen LogP contribution >= 0.6 is 0 Å². The summed E-state index contributed by atoms with van der Waals surface area (Å²) < 4.78 is 13.3. The number of hydrogen-bond acceptors (Lipinski definition) is 5. The molecule has 1 aromatic heterocycles. The molecule has 1 N–H and O–H groups in total. The van der Waals surface area contributed by atoms with Crippen LogP contribution in [0.1, 0.15) is 36.1 Å². The van der Waals surface area contributed by atoms with E-state index in [4.69, 9.17) is 9.47 Å². The average molecular weight is 398 g/mol. The number of nitrogens with zero attached hydrogens (tertiary/aromatic N) is 2. The third-order valence-electron chi connectivity index (χ3n) is 6.04. The van der Waals surface area contributed by atoms with E-state index in [9.17, 15) is 4.79 Å². The van der Waals surface area contributed by atoms with Crippen LogP contribution in [0, 0.1) is 5.92 Å². The lowest BCUT2D eigenvalue weighted by molar-refractivity contribution is 0.254. The van der Waals surface area contributed by atoms with E-state index in [0.717, 1.165) is 42.3 Å². The quantitative estimate of drug-likeness (QED) is 0.778. The first-order chi connectivity index (χ1) is 14.1. The number of aromatic nitrogens is 1. The monoisotopic (exact) mass is 397 g/mol. The fraction of sp³-hybridized carbons (Fsp3) is 0.522. The molecular formula is C23H31N3O3. The van der Waals surface area contributed by atoms with E-state index >= 15 is 0 Å². The average Bonchev–Trinajstić information content (AvgIpc) is 2.72. The van der Waals surface area contributed by atoms with Crippen LogP contribution in [0.2, 0.25) is 0 Å². The topological polar surface area (TPSA) is 55.7 Å². The standard InChI is InChI=1S/C23H31N3O3/c1-4-29-22-17(6-5-7-21(22)28-3)14-25(2)15-18-8-9-20-19-10-16(11-24-12-19)13-26(20)23(18)27/h5-9,16,19,24H,4,10-15H2,1-3H3/t16-,19+/m0/s1. The largest absolute Gasteiger partial charge is 0.493 e. The summed E-state index contributed by atoms with van der Waals surface area (Å²) in [4.78, 5) is 15.3.